The summed E-state index contributed by atoms with van der Waals surface area (Å²) in [7, 11) is 0. The van der Waals surface area contributed by atoms with E-state index in [1.54, 1.807) is 4.90 Å². The van der Waals surface area contributed by atoms with E-state index in [9.17, 15) is 22.8 Å². The highest BCUT2D eigenvalue weighted by Crippen LogP contribution is 2.42. The van der Waals surface area contributed by atoms with Gasteiger partial charge in [-0.1, -0.05) is 0 Å². The van der Waals surface area contributed by atoms with Crippen LogP contribution in [-0.4, -0.2) is 40.0 Å². The van der Waals surface area contributed by atoms with Gasteiger partial charge in [0.1, 0.15) is 5.69 Å². The van der Waals surface area contributed by atoms with Gasteiger partial charge in [-0.3, -0.25) is 9.59 Å². The molecule has 3 rings (SSSR count). The molecule has 130 valence electrons. The number of carboxylic acids is 1. The first-order chi connectivity index (χ1) is 11.2. The van der Waals surface area contributed by atoms with Crippen molar-refractivity contribution in [2.24, 2.45) is 17.8 Å². The second-order valence-electron chi connectivity index (χ2n) is 6.56. The maximum absolute atomic E-state index is 12.7. The van der Waals surface area contributed by atoms with Gasteiger partial charge in [-0.25, -0.2) is 4.98 Å². The Labute approximate surface area is 136 Å². The molecule has 1 unspecified atom stereocenters. The van der Waals surface area contributed by atoms with E-state index < -0.39 is 17.8 Å². The molecule has 1 aromatic rings. The van der Waals surface area contributed by atoms with E-state index in [1.807, 2.05) is 0 Å². The van der Waals surface area contributed by atoms with Crippen LogP contribution in [-0.2, 0) is 11.0 Å². The minimum atomic E-state index is -4.54. The molecule has 2 fully saturated rings. The topological polar surface area (TPSA) is 70.5 Å². The van der Waals surface area contributed by atoms with Gasteiger partial charge in [0.2, 0.25) is 0 Å². The molecule has 1 amide bonds. The Kier molecular flexibility index (Phi) is 4.01. The number of fused-ring (bicyclic) bond motifs is 1. The maximum atomic E-state index is 12.7. The lowest BCUT2D eigenvalue weighted by Crippen LogP contribution is -2.31. The number of alkyl halides is 3. The number of hydrogen-bond donors (Lipinski definition) is 1. The first-order valence-corrected chi connectivity index (χ1v) is 7.73. The zero-order chi connectivity index (χ0) is 17.6. The van der Waals surface area contributed by atoms with Crippen LogP contribution < -0.4 is 0 Å². The Morgan fingerprint density at radius 2 is 1.79 bits per heavy atom. The number of carbonyl (C=O) groups excluding carboxylic acids is 1. The summed E-state index contributed by atoms with van der Waals surface area (Å²) in [6.07, 6.45) is -3.44. The molecule has 0 spiro atoms. The third kappa shape index (κ3) is 2.97. The molecule has 0 radical (unpaired) electrons. The Hall–Kier alpha value is -2.12. The van der Waals surface area contributed by atoms with Crippen molar-refractivity contribution >= 4 is 11.9 Å². The predicted octanol–water partition coefficient (Wildman–Crippen LogP) is 2.59. The Balaban J connectivity index is 1.72. The standard InChI is InChI=1S/C16H17F3N2O3/c1-8-12(2-3-13(20-8)16(17,18)19)14(22)21-6-10-4-9(15(23)24)5-11(10)7-21/h2-3,9-11H,4-7H2,1H3,(H,23,24)/t9?,10-,11+. The predicted molar refractivity (Wildman–Crippen MR) is 77.2 cm³/mol. The Morgan fingerprint density at radius 3 is 2.25 bits per heavy atom. The average Bonchev–Trinajstić information content (AvgIpc) is 3.03. The van der Waals surface area contributed by atoms with Crippen molar-refractivity contribution in [2.75, 3.05) is 13.1 Å². The molecular weight excluding hydrogens is 325 g/mol. The van der Waals surface area contributed by atoms with E-state index in [2.05, 4.69) is 4.98 Å². The SMILES string of the molecule is Cc1nc(C(F)(F)F)ccc1C(=O)N1C[C@H]2CC(C(=O)O)C[C@H]2C1. The minimum Gasteiger partial charge on any atom is -0.481 e. The summed E-state index contributed by atoms with van der Waals surface area (Å²) < 4.78 is 38.0. The lowest BCUT2D eigenvalue weighted by Gasteiger charge is -2.19. The molecule has 1 saturated heterocycles. The van der Waals surface area contributed by atoms with E-state index >= 15 is 0 Å². The third-order valence-electron chi connectivity index (χ3n) is 4.99. The maximum Gasteiger partial charge on any atom is 0.433 e. The van der Waals surface area contributed by atoms with Crippen LogP contribution in [0.5, 0.6) is 0 Å². The van der Waals surface area contributed by atoms with Gasteiger partial charge in [0.25, 0.3) is 5.91 Å². The molecular formula is C16H17F3N2O3. The molecule has 0 bridgehead atoms. The zero-order valence-corrected chi connectivity index (χ0v) is 13.0. The first kappa shape index (κ1) is 16.7. The molecule has 1 aliphatic heterocycles. The van der Waals surface area contributed by atoms with Crippen LogP contribution in [0.15, 0.2) is 12.1 Å². The number of aryl methyl sites for hydroxylation is 1. The van der Waals surface area contributed by atoms with Crippen LogP contribution in [0.3, 0.4) is 0 Å². The molecule has 5 nitrogen and oxygen atoms in total. The summed E-state index contributed by atoms with van der Waals surface area (Å²) >= 11 is 0. The zero-order valence-electron chi connectivity index (χ0n) is 13.0. The van der Waals surface area contributed by atoms with Crippen LogP contribution in [0.1, 0.15) is 34.6 Å². The van der Waals surface area contributed by atoms with Crippen molar-refractivity contribution in [3.63, 3.8) is 0 Å². The van der Waals surface area contributed by atoms with Crippen molar-refractivity contribution < 1.29 is 27.9 Å². The number of amides is 1. The number of hydrogen-bond acceptors (Lipinski definition) is 3. The fourth-order valence-corrected chi connectivity index (χ4v) is 3.78. The fourth-order valence-electron chi connectivity index (χ4n) is 3.78. The number of aliphatic carboxylic acids is 1. The third-order valence-corrected chi connectivity index (χ3v) is 4.99. The average molecular weight is 342 g/mol. The molecule has 1 N–H and O–H groups in total. The summed E-state index contributed by atoms with van der Waals surface area (Å²) in [6.45, 7) is 2.29. The normalized spacial score (nSPS) is 26.5. The number of halogens is 3. The molecule has 2 aliphatic rings. The smallest absolute Gasteiger partial charge is 0.433 e. The highest BCUT2D eigenvalue weighted by molar-refractivity contribution is 5.95. The lowest BCUT2D eigenvalue weighted by atomic mass is 10.0. The largest absolute Gasteiger partial charge is 0.481 e. The molecule has 2 heterocycles. The second kappa shape index (κ2) is 5.75. The van der Waals surface area contributed by atoms with E-state index in [-0.39, 0.29) is 34.9 Å². The number of likely N-dealkylation sites (tertiary alicyclic amines) is 1. The van der Waals surface area contributed by atoms with Crippen LogP contribution in [0.4, 0.5) is 13.2 Å². The van der Waals surface area contributed by atoms with Gasteiger partial charge < -0.3 is 10.0 Å². The summed E-state index contributed by atoms with van der Waals surface area (Å²) in [4.78, 5) is 28.7. The van der Waals surface area contributed by atoms with Gasteiger partial charge in [0.05, 0.1) is 17.2 Å². The molecule has 3 atom stereocenters. The van der Waals surface area contributed by atoms with Crippen LogP contribution in [0.25, 0.3) is 0 Å². The Bertz CT molecular complexity index is 676. The van der Waals surface area contributed by atoms with Gasteiger partial charge in [-0.2, -0.15) is 13.2 Å². The highest BCUT2D eigenvalue weighted by atomic mass is 19.4. The second-order valence-corrected chi connectivity index (χ2v) is 6.56. The van der Waals surface area contributed by atoms with Crippen molar-refractivity contribution in [1.29, 1.82) is 0 Å². The number of carbonyl (C=O) groups is 2. The summed E-state index contributed by atoms with van der Waals surface area (Å²) in [5.74, 6) is -1.19. The monoisotopic (exact) mass is 342 g/mol. The molecule has 8 heteroatoms. The van der Waals surface area contributed by atoms with Crippen LogP contribution >= 0.6 is 0 Å². The molecule has 1 saturated carbocycles. The van der Waals surface area contributed by atoms with Crippen molar-refractivity contribution in [3.05, 3.63) is 29.1 Å². The summed E-state index contributed by atoms with van der Waals surface area (Å²) in [5, 5.41) is 9.07. The molecule has 1 aliphatic carbocycles. The van der Waals surface area contributed by atoms with E-state index in [0.717, 1.165) is 6.07 Å². The van der Waals surface area contributed by atoms with Crippen molar-refractivity contribution in [2.45, 2.75) is 25.9 Å². The first-order valence-electron chi connectivity index (χ1n) is 7.73. The van der Waals surface area contributed by atoms with Gasteiger partial charge in [0.15, 0.2) is 0 Å². The molecule has 1 aromatic heterocycles. The minimum absolute atomic E-state index is 0.0512. The number of nitrogens with zero attached hydrogens (tertiary/aromatic N) is 2. The highest BCUT2D eigenvalue weighted by Gasteiger charge is 2.45. The van der Waals surface area contributed by atoms with Crippen molar-refractivity contribution in [1.82, 2.24) is 9.88 Å². The van der Waals surface area contributed by atoms with Gasteiger partial charge in [0, 0.05) is 13.1 Å². The summed E-state index contributed by atoms with van der Waals surface area (Å²) in [6, 6.07) is 1.99. The number of rotatable bonds is 2. The quantitative estimate of drug-likeness (QED) is 0.897. The number of aromatic nitrogens is 1. The van der Waals surface area contributed by atoms with Gasteiger partial charge in [-0.05, 0) is 43.7 Å². The fraction of sp³-hybridized carbons (Fsp3) is 0.562. The summed E-state index contributed by atoms with van der Waals surface area (Å²) in [5.41, 5.74) is -0.799. The van der Waals surface area contributed by atoms with Crippen LogP contribution in [0, 0.1) is 24.7 Å². The van der Waals surface area contributed by atoms with E-state index in [0.29, 0.717) is 25.9 Å². The number of pyridine rings is 1. The van der Waals surface area contributed by atoms with Crippen LogP contribution in [0.2, 0.25) is 0 Å². The number of carboxylic acid groups (broad SMARTS) is 1. The van der Waals surface area contributed by atoms with Crippen molar-refractivity contribution in [3.8, 4) is 0 Å². The molecule has 0 aromatic carbocycles. The molecule has 24 heavy (non-hydrogen) atoms. The van der Waals surface area contributed by atoms with E-state index in [1.165, 1.54) is 13.0 Å². The lowest BCUT2D eigenvalue weighted by molar-refractivity contribution is -0.142. The van der Waals surface area contributed by atoms with E-state index in [4.69, 9.17) is 5.11 Å². The Morgan fingerprint density at radius 1 is 1.21 bits per heavy atom. The van der Waals surface area contributed by atoms with Gasteiger partial charge >= 0.3 is 12.1 Å². The van der Waals surface area contributed by atoms with Gasteiger partial charge in [-0.15, -0.1) is 0 Å².